The van der Waals surface area contributed by atoms with Gasteiger partial charge in [0.15, 0.2) is 0 Å². The van der Waals surface area contributed by atoms with E-state index in [9.17, 15) is 9.59 Å². The average Bonchev–Trinajstić information content (AvgIpc) is 2.71. The predicted octanol–water partition coefficient (Wildman–Crippen LogP) is 4.09. The number of benzene rings is 2. The van der Waals surface area contributed by atoms with Crippen LogP contribution in [0.25, 0.3) is 0 Å². The number of hydrogen-bond donors (Lipinski definition) is 1. The van der Waals surface area contributed by atoms with Crippen molar-refractivity contribution in [1.82, 2.24) is 10.2 Å². The number of nitrogens with zero attached hydrogens (tertiary/aromatic N) is 1. The Balaban J connectivity index is 2.20. The van der Waals surface area contributed by atoms with Gasteiger partial charge < -0.3 is 15.0 Å². The standard InChI is InChI=1S/C23H30N2O3/c1-5-17(2)25(16-19-9-7-6-8-10-19)23(27)15-22(24-18(3)26)20-11-13-21(28-4)14-12-20/h6-14,17,22H,5,15-16H2,1-4H3,(H,24,26). The monoisotopic (exact) mass is 382 g/mol. The minimum atomic E-state index is -0.377. The number of ether oxygens (including phenoxy) is 1. The molecule has 5 nitrogen and oxygen atoms in total. The third kappa shape index (κ3) is 6.12. The predicted molar refractivity (Wildman–Crippen MR) is 111 cm³/mol. The van der Waals surface area contributed by atoms with Gasteiger partial charge in [-0.3, -0.25) is 9.59 Å². The van der Waals surface area contributed by atoms with Gasteiger partial charge in [0, 0.05) is 19.5 Å². The van der Waals surface area contributed by atoms with Crippen LogP contribution < -0.4 is 10.1 Å². The first-order valence-corrected chi connectivity index (χ1v) is 9.69. The number of carbonyl (C=O) groups excluding carboxylic acids is 2. The van der Waals surface area contributed by atoms with E-state index in [1.165, 1.54) is 6.92 Å². The van der Waals surface area contributed by atoms with Crippen molar-refractivity contribution in [2.75, 3.05) is 7.11 Å². The highest BCUT2D eigenvalue weighted by Crippen LogP contribution is 2.23. The molecule has 0 heterocycles. The van der Waals surface area contributed by atoms with Crippen LogP contribution in [0, 0.1) is 0 Å². The molecule has 28 heavy (non-hydrogen) atoms. The number of rotatable bonds is 9. The number of nitrogens with one attached hydrogen (secondary N) is 1. The van der Waals surface area contributed by atoms with Gasteiger partial charge in [-0.15, -0.1) is 0 Å². The van der Waals surface area contributed by atoms with E-state index < -0.39 is 0 Å². The molecule has 0 fully saturated rings. The van der Waals surface area contributed by atoms with Gasteiger partial charge in [0.2, 0.25) is 11.8 Å². The summed E-state index contributed by atoms with van der Waals surface area (Å²) < 4.78 is 5.20. The van der Waals surface area contributed by atoms with E-state index in [-0.39, 0.29) is 30.3 Å². The molecular formula is C23H30N2O3. The van der Waals surface area contributed by atoms with Gasteiger partial charge in [0.25, 0.3) is 0 Å². The molecule has 0 saturated heterocycles. The van der Waals surface area contributed by atoms with E-state index in [1.807, 2.05) is 59.5 Å². The normalized spacial score (nSPS) is 12.7. The summed E-state index contributed by atoms with van der Waals surface area (Å²) in [4.78, 5) is 26.8. The van der Waals surface area contributed by atoms with Crippen LogP contribution in [0.5, 0.6) is 5.75 Å². The lowest BCUT2D eigenvalue weighted by Crippen LogP contribution is -2.40. The average molecular weight is 383 g/mol. The van der Waals surface area contributed by atoms with Crippen LogP contribution in [0.2, 0.25) is 0 Å². The van der Waals surface area contributed by atoms with Crippen molar-refractivity contribution in [3.8, 4) is 5.75 Å². The molecule has 2 aromatic carbocycles. The minimum Gasteiger partial charge on any atom is -0.497 e. The molecule has 0 spiro atoms. The van der Waals surface area contributed by atoms with Crippen LogP contribution in [-0.4, -0.2) is 29.9 Å². The van der Waals surface area contributed by atoms with Crippen LogP contribution in [0.15, 0.2) is 54.6 Å². The fourth-order valence-corrected chi connectivity index (χ4v) is 3.12. The highest BCUT2D eigenvalue weighted by molar-refractivity contribution is 5.79. The van der Waals surface area contributed by atoms with Crippen molar-refractivity contribution in [2.45, 2.75) is 52.2 Å². The highest BCUT2D eigenvalue weighted by atomic mass is 16.5. The van der Waals surface area contributed by atoms with Crippen LogP contribution in [0.4, 0.5) is 0 Å². The zero-order valence-electron chi connectivity index (χ0n) is 17.1. The minimum absolute atomic E-state index is 0.0211. The second-order valence-corrected chi connectivity index (χ2v) is 6.99. The van der Waals surface area contributed by atoms with E-state index in [0.717, 1.165) is 23.3 Å². The molecule has 0 radical (unpaired) electrons. The fraction of sp³-hybridized carbons (Fsp3) is 0.391. The van der Waals surface area contributed by atoms with Gasteiger partial charge in [0.05, 0.1) is 19.6 Å². The third-order valence-corrected chi connectivity index (χ3v) is 4.91. The molecule has 0 aliphatic carbocycles. The molecule has 0 aliphatic rings. The number of hydrogen-bond acceptors (Lipinski definition) is 3. The molecule has 0 aromatic heterocycles. The Morgan fingerprint density at radius 1 is 1.07 bits per heavy atom. The molecule has 5 heteroatoms. The molecule has 2 rings (SSSR count). The SMILES string of the molecule is CCC(C)N(Cc1ccccc1)C(=O)CC(NC(C)=O)c1ccc(OC)cc1. The van der Waals surface area contributed by atoms with Gasteiger partial charge in [-0.1, -0.05) is 49.4 Å². The van der Waals surface area contributed by atoms with E-state index in [0.29, 0.717) is 6.54 Å². The number of carbonyl (C=O) groups is 2. The molecule has 0 aliphatic heterocycles. The maximum Gasteiger partial charge on any atom is 0.225 e. The van der Waals surface area contributed by atoms with Gasteiger partial charge >= 0.3 is 0 Å². The van der Waals surface area contributed by atoms with Crippen molar-refractivity contribution in [1.29, 1.82) is 0 Å². The molecule has 150 valence electrons. The van der Waals surface area contributed by atoms with Crippen molar-refractivity contribution in [2.24, 2.45) is 0 Å². The first-order chi connectivity index (χ1) is 13.4. The van der Waals surface area contributed by atoms with E-state index in [2.05, 4.69) is 19.2 Å². The summed E-state index contributed by atoms with van der Waals surface area (Å²) in [6, 6.07) is 17.2. The molecule has 2 amide bonds. The maximum atomic E-state index is 13.2. The Kier molecular flexibility index (Phi) is 8.05. The highest BCUT2D eigenvalue weighted by Gasteiger charge is 2.24. The maximum absolute atomic E-state index is 13.2. The molecule has 2 aromatic rings. The third-order valence-electron chi connectivity index (χ3n) is 4.91. The van der Waals surface area contributed by atoms with Gasteiger partial charge in [-0.25, -0.2) is 0 Å². The Morgan fingerprint density at radius 2 is 1.71 bits per heavy atom. The van der Waals surface area contributed by atoms with E-state index in [4.69, 9.17) is 4.74 Å². The number of amides is 2. The summed E-state index contributed by atoms with van der Waals surface area (Å²) >= 11 is 0. The lowest BCUT2D eigenvalue weighted by Gasteiger charge is -2.31. The van der Waals surface area contributed by atoms with Crippen LogP contribution >= 0.6 is 0 Å². The summed E-state index contributed by atoms with van der Waals surface area (Å²) in [5.74, 6) is 0.599. The second-order valence-electron chi connectivity index (χ2n) is 6.99. The van der Waals surface area contributed by atoms with Gasteiger partial charge in [0.1, 0.15) is 5.75 Å². The Morgan fingerprint density at radius 3 is 2.25 bits per heavy atom. The molecule has 2 unspecified atom stereocenters. The molecule has 2 atom stereocenters. The first kappa shape index (κ1) is 21.5. The molecule has 0 saturated carbocycles. The van der Waals surface area contributed by atoms with Crippen molar-refractivity contribution in [3.63, 3.8) is 0 Å². The summed E-state index contributed by atoms with van der Waals surface area (Å²) in [7, 11) is 1.61. The number of methoxy groups -OCH3 is 1. The Bertz CT molecular complexity index is 759. The topological polar surface area (TPSA) is 58.6 Å². The van der Waals surface area contributed by atoms with Crippen molar-refractivity contribution < 1.29 is 14.3 Å². The largest absolute Gasteiger partial charge is 0.497 e. The van der Waals surface area contributed by atoms with Crippen LogP contribution in [0.3, 0.4) is 0 Å². The lowest BCUT2D eigenvalue weighted by molar-refractivity contribution is -0.134. The zero-order valence-corrected chi connectivity index (χ0v) is 17.1. The van der Waals surface area contributed by atoms with E-state index in [1.54, 1.807) is 7.11 Å². The van der Waals surface area contributed by atoms with Gasteiger partial charge in [-0.2, -0.15) is 0 Å². The smallest absolute Gasteiger partial charge is 0.225 e. The van der Waals surface area contributed by atoms with Crippen LogP contribution in [-0.2, 0) is 16.1 Å². The Labute approximate surface area is 167 Å². The molecular weight excluding hydrogens is 352 g/mol. The Hall–Kier alpha value is -2.82. The van der Waals surface area contributed by atoms with Crippen LogP contribution in [0.1, 0.15) is 50.8 Å². The summed E-state index contributed by atoms with van der Waals surface area (Å²) in [6.07, 6.45) is 1.08. The summed E-state index contributed by atoms with van der Waals surface area (Å²) in [6.45, 7) is 6.16. The summed E-state index contributed by atoms with van der Waals surface area (Å²) in [5.41, 5.74) is 1.98. The van der Waals surface area contributed by atoms with Crippen molar-refractivity contribution >= 4 is 11.8 Å². The fourth-order valence-electron chi connectivity index (χ4n) is 3.12. The first-order valence-electron chi connectivity index (χ1n) is 9.69. The quantitative estimate of drug-likeness (QED) is 0.711. The lowest BCUT2D eigenvalue weighted by atomic mass is 10.0. The summed E-state index contributed by atoms with van der Waals surface area (Å²) in [5, 5.41) is 2.91. The van der Waals surface area contributed by atoms with Gasteiger partial charge in [-0.05, 0) is 36.6 Å². The molecule has 0 bridgehead atoms. The molecule has 1 N–H and O–H groups in total. The second kappa shape index (κ2) is 10.5. The van der Waals surface area contributed by atoms with Crippen molar-refractivity contribution in [3.05, 3.63) is 65.7 Å². The van der Waals surface area contributed by atoms with E-state index >= 15 is 0 Å². The zero-order chi connectivity index (χ0) is 20.5.